The highest BCUT2D eigenvalue weighted by atomic mass is 35.5. The average Bonchev–Trinajstić information content (AvgIpc) is 3.04. The van der Waals surface area contributed by atoms with Crippen molar-refractivity contribution in [1.29, 1.82) is 0 Å². The first-order valence-electron chi connectivity index (χ1n) is 5.92. The highest BCUT2D eigenvalue weighted by Gasteiger charge is 2.16. The Bertz CT molecular complexity index is 792. The lowest BCUT2D eigenvalue weighted by Gasteiger charge is -1.98. The van der Waals surface area contributed by atoms with Gasteiger partial charge in [-0.15, -0.1) is 5.10 Å². The molecular weight excluding hydrogens is 280 g/mol. The van der Waals surface area contributed by atoms with Crippen LogP contribution in [-0.2, 0) is 0 Å². The maximum atomic E-state index is 5.98. The van der Waals surface area contributed by atoms with Gasteiger partial charge in [0.15, 0.2) is 23.0 Å². The molecule has 0 amide bonds. The van der Waals surface area contributed by atoms with Crippen LogP contribution in [-0.4, -0.2) is 21.4 Å². The molecule has 1 aliphatic rings. The van der Waals surface area contributed by atoms with E-state index in [4.69, 9.17) is 26.8 Å². The SMILES string of the molecule is Nc1cn2nc(-c3ccc4c(c3)OCO4)nc2cc1Cl. The number of pyridine rings is 1. The molecule has 0 unspecified atom stereocenters. The fourth-order valence-corrected chi connectivity index (χ4v) is 2.22. The molecule has 20 heavy (non-hydrogen) atoms. The van der Waals surface area contributed by atoms with Crippen LogP contribution >= 0.6 is 11.6 Å². The Hall–Kier alpha value is -2.47. The minimum absolute atomic E-state index is 0.240. The summed E-state index contributed by atoms with van der Waals surface area (Å²) in [7, 11) is 0. The lowest BCUT2D eigenvalue weighted by Crippen LogP contribution is -1.93. The quantitative estimate of drug-likeness (QED) is 0.744. The summed E-state index contributed by atoms with van der Waals surface area (Å²) in [6.07, 6.45) is 1.64. The zero-order valence-electron chi connectivity index (χ0n) is 10.2. The molecule has 0 spiro atoms. The molecule has 6 nitrogen and oxygen atoms in total. The Morgan fingerprint density at radius 1 is 1.20 bits per heavy atom. The summed E-state index contributed by atoms with van der Waals surface area (Å²) >= 11 is 5.98. The fourth-order valence-electron chi connectivity index (χ4n) is 2.08. The molecule has 2 aromatic heterocycles. The van der Waals surface area contributed by atoms with Crippen molar-refractivity contribution in [2.45, 2.75) is 0 Å². The number of nitrogens with zero attached hydrogens (tertiary/aromatic N) is 3. The summed E-state index contributed by atoms with van der Waals surface area (Å²) in [4.78, 5) is 4.43. The van der Waals surface area contributed by atoms with E-state index in [1.54, 1.807) is 16.8 Å². The fraction of sp³-hybridized carbons (Fsp3) is 0.0769. The van der Waals surface area contributed by atoms with Crippen LogP contribution in [0, 0.1) is 0 Å². The van der Waals surface area contributed by atoms with Gasteiger partial charge in [0.05, 0.1) is 16.9 Å². The smallest absolute Gasteiger partial charge is 0.231 e. The third-order valence-electron chi connectivity index (χ3n) is 3.08. The van der Waals surface area contributed by atoms with Gasteiger partial charge in [0, 0.05) is 11.6 Å². The second-order valence-electron chi connectivity index (χ2n) is 4.38. The van der Waals surface area contributed by atoms with Crippen molar-refractivity contribution in [3.63, 3.8) is 0 Å². The number of hydrogen-bond donors (Lipinski definition) is 1. The molecule has 100 valence electrons. The van der Waals surface area contributed by atoms with E-state index in [0.717, 1.165) is 11.3 Å². The van der Waals surface area contributed by atoms with Crippen molar-refractivity contribution < 1.29 is 9.47 Å². The van der Waals surface area contributed by atoms with Crippen molar-refractivity contribution in [2.75, 3.05) is 12.5 Å². The molecule has 1 aliphatic heterocycles. The number of ether oxygens (including phenoxy) is 2. The Labute approximate surface area is 118 Å². The predicted octanol–water partition coefficient (Wildman–Crippen LogP) is 2.36. The van der Waals surface area contributed by atoms with E-state index in [1.165, 1.54) is 0 Å². The van der Waals surface area contributed by atoms with Gasteiger partial charge in [0.25, 0.3) is 0 Å². The molecule has 0 bridgehead atoms. The van der Waals surface area contributed by atoms with Gasteiger partial charge >= 0.3 is 0 Å². The Balaban J connectivity index is 1.86. The molecule has 0 atom stereocenters. The number of fused-ring (bicyclic) bond motifs is 2. The molecule has 1 aromatic carbocycles. The highest BCUT2D eigenvalue weighted by Crippen LogP contribution is 2.35. The molecule has 0 fully saturated rings. The molecule has 0 saturated heterocycles. The van der Waals surface area contributed by atoms with Crippen LogP contribution < -0.4 is 15.2 Å². The van der Waals surface area contributed by atoms with Crippen molar-refractivity contribution in [1.82, 2.24) is 14.6 Å². The molecule has 0 radical (unpaired) electrons. The van der Waals surface area contributed by atoms with Gasteiger partial charge < -0.3 is 15.2 Å². The van der Waals surface area contributed by atoms with Gasteiger partial charge in [-0.05, 0) is 18.2 Å². The number of hydrogen-bond acceptors (Lipinski definition) is 5. The van der Waals surface area contributed by atoms with Crippen LogP contribution in [0.25, 0.3) is 17.0 Å². The van der Waals surface area contributed by atoms with Crippen LogP contribution in [0.5, 0.6) is 11.5 Å². The van der Waals surface area contributed by atoms with Crippen LogP contribution in [0.3, 0.4) is 0 Å². The second-order valence-corrected chi connectivity index (χ2v) is 4.79. The molecule has 2 N–H and O–H groups in total. The summed E-state index contributed by atoms with van der Waals surface area (Å²) < 4.78 is 12.2. The van der Waals surface area contributed by atoms with Gasteiger partial charge in [-0.3, -0.25) is 0 Å². The largest absolute Gasteiger partial charge is 0.454 e. The molecule has 3 heterocycles. The van der Waals surface area contributed by atoms with Gasteiger partial charge in [-0.2, -0.15) is 0 Å². The van der Waals surface area contributed by atoms with E-state index in [1.807, 2.05) is 18.2 Å². The second kappa shape index (κ2) is 4.01. The van der Waals surface area contributed by atoms with E-state index in [9.17, 15) is 0 Å². The van der Waals surface area contributed by atoms with Gasteiger partial charge in [-0.1, -0.05) is 11.6 Å². The van der Waals surface area contributed by atoms with Crippen LogP contribution in [0.2, 0.25) is 5.02 Å². The molecule has 4 rings (SSSR count). The van der Waals surface area contributed by atoms with E-state index in [0.29, 0.717) is 27.9 Å². The lowest BCUT2D eigenvalue weighted by atomic mass is 10.2. The van der Waals surface area contributed by atoms with E-state index in [2.05, 4.69) is 10.1 Å². The first kappa shape index (κ1) is 11.4. The van der Waals surface area contributed by atoms with E-state index in [-0.39, 0.29) is 6.79 Å². The van der Waals surface area contributed by atoms with Gasteiger partial charge in [0.1, 0.15) is 0 Å². The third-order valence-corrected chi connectivity index (χ3v) is 3.41. The van der Waals surface area contributed by atoms with E-state index >= 15 is 0 Å². The summed E-state index contributed by atoms with van der Waals surface area (Å²) in [5.41, 5.74) is 7.69. The summed E-state index contributed by atoms with van der Waals surface area (Å²) in [6.45, 7) is 0.240. The van der Waals surface area contributed by atoms with Crippen LogP contribution in [0.4, 0.5) is 5.69 Å². The van der Waals surface area contributed by atoms with Crippen LogP contribution in [0.1, 0.15) is 0 Å². The summed E-state index contributed by atoms with van der Waals surface area (Å²) in [5.74, 6) is 1.99. The maximum absolute atomic E-state index is 5.98. The molecule has 7 heteroatoms. The first-order chi connectivity index (χ1) is 9.70. The highest BCUT2D eigenvalue weighted by molar-refractivity contribution is 6.33. The van der Waals surface area contributed by atoms with Crippen LogP contribution in [0.15, 0.2) is 30.5 Å². The number of halogens is 1. The predicted molar refractivity (Wildman–Crippen MR) is 74.0 cm³/mol. The molecule has 0 saturated carbocycles. The van der Waals surface area contributed by atoms with Gasteiger partial charge in [0.2, 0.25) is 6.79 Å². The zero-order valence-corrected chi connectivity index (χ0v) is 11.0. The number of rotatable bonds is 1. The minimum atomic E-state index is 0.240. The molecule has 0 aliphatic carbocycles. The van der Waals surface area contributed by atoms with Crippen molar-refractivity contribution in [3.05, 3.63) is 35.5 Å². The number of anilines is 1. The molecular formula is C13H9ClN4O2. The van der Waals surface area contributed by atoms with Crippen molar-refractivity contribution in [3.8, 4) is 22.9 Å². The third kappa shape index (κ3) is 1.65. The molecule has 3 aromatic rings. The monoisotopic (exact) mass is 288 g/mol. The maximum Gasteiger partial charge on any atom is 0.231 e. The number of benzene rings is 1. The van der Waals surface area contributed by atoms with Gasteiger partial charge in [-0.25, -0.2) is 9.50 Å². The normalized spacial score (nSPS) is 13.1. The first-order valence-corrected chi connectivity index (χ1v) is 6.30. The number of nitrogen functional groups attached to an aromatic ring is 1. The Morgan fingerprint density at radius 3 is 2.95 bits per heavy atom. The topological polar surface area (TPSA) is 74.7 Å². The standard InChI is InChI=1S/C13H9ClN4O2/c14-8-4-12-16-13(17-18(12)5-9(8)15)7-1-2-10-11(3-7)20-6-19-10/h1-5H,6,15H2. The van der Waals surface area contributed by atoms with Crippen molar-refractivity contribution in [2.24, 2.45) is 0 Å². The Kier molecular flexibility index (Phi) is 2.28. The lowest BCUT2D eigenvalue weighted by molar-refractivity contribution is 0.174. The van der Waals surface area contributed by atoms with E-state index < -0.39 is 0 Å². The summed E-state index contributed by atoms with van der Waals surface area (Å²) in [5, 5.41) is 4.84. The zero-order chi connectivity index (χ0) is 13.7. The number of aromatic nitrogens is 3. The van der Waals surface area contributed by atoms with Crippen molar-refractivity contribution >= 4 is 22.9 Å². The number of nitrogens with two attached hydrogens (primary N) is 1. The Morgan fingerprint density at radius 2 is 2.05 bits per heavy atom. The average molecular weight is 289 g/mol. The summed E-state index contributed by atoms with van der Waals surface area (Å²) in [6, 6.07) is 7.25. The minimum Gasteiger partial charge on any atom is -0.454 e.